The Balaban J connectivity index is 1.68. The van der Waals surface area contributed by atoms with Crippen LogP contribution in [0.25, 0.3) is 22.8 Å². The van der Waals surface area contributed by atoms with E-state index in [0.717, 1.165) is 16.9 Å². The molecule has 3 N–H and O–H groups in total. The summed E-state index contributed by atoms with van der Waals surface area (Å²) in [4.78, 5) is 4.51. The number of hydrogen-bond acceptors (Lipinski definition) is 6. The highest BCUT2D eigenvalue weighted by atomic mass is 16.7. The van der Waals surface area contributed by atoms with E-state index in [1.165, 1.54) is 0 Å². The molecule has 0 unspecified atom stereocenters. The molecule has 23 heavy (non-hydrogen) atoms. The van der Waals surface area contributed by atoms with Crippen LogP contribution in [0.4, 0.5) is 5.69 Å². The molecule has 0 saturated heterocycles. The highest BCUT2D eigenvalue weighted by Crippen LogP contribution is 2.35. The third kappa shape index (κ3) is 2.32. The molecular weight excluding hydrogens is 296 g/mol. The fraction of sp³-hybridized carbons (Fsp3) is 0.125. The zero-order valence-electron chi connectivity index (χ0n) is 12.4. The maximum Gasteiger partial charge on any atom is 0.231 e. The van der Waals surface area contributed by atoms with Crippen LogP contribution in [0.2, 0.25) is 0 Å². The fourth-order valence-electron chi connectivity index (χ4n) is 2.44. The topological polar surface area (TPSA) is 95.3 Å². The van der Waals surface area contributed by atoms with Crippen molar-refractivity contribution >= 4 is 5.69 Å². The van der Waals surface area contributed by atoms with Gasteiger partial charge in [0.05, 0.1) is 12.8 Å². The number of nitrogens with one attached hydrogen (secondary N) is 1. The van der Waals surface area contributed by atoms with Crippen LogP contribution in [0, 0.1) is 0 Å². The summed E-state index contributed by atoms with van der Waals surface area (Å²) in [5.41, 5.74) is 8.15. The molecule has 0 saturated carbocycles. The number of H-pyrrole nitrogens is 1. The lowest BCUT2D eigenvalue weighted by molar-refractivity contribution is 0.174. The third-order valence-electron chi connectivity index (χ3n) is 3.62. The molecule has 1 aliphatic rings. The number of methoxy groups -OCH3 is 1. The van der Waals surface area contributed by atoms with Crippen LogP contribution < -0.4 is 19.9 Å². The number of anilines is 1. The zero-order valence-corrected chi connectivity index (χ0v) is 12.4. The van der Waals surface area contributed by atoms with Crippen LogP contribution >= 0.6 is 0 Å². The van der Waals surface area contributed by atoms with Gasteiger partial charge in [-0.25, -0.2) is 4.98 Å². The second-order valence-corrected chi connectivity index (χ2v) is 5.03. The standard InChI is InChI=1S/C16H14N4O3/c1-21-12-4-2-9(6-11(12)17)15-18-16(20-19-15)10-3-5-13-14(7-10)23-8-22-13/h2-7H,8,17H2,1H3,(H,18,19,20). The molecule has 0 fully saturated rings. The molecule has 7 heteroatoms. The van der Waals surface area contributed by atoms with Gasteiger partial charge in [-0.15, -0.1) is 0 Å². The molecule has 0 aliphatic carbocycles. The van der Waals surface area contributed by atoms with Crippen molar-refractivity contribution in [2.24, 2.45) is 0 Å². The molecule has 0 amide bonds. The van der Waals surface area contributed by atoms with Gasteiger partial charge in [-0.3, -0.25) is 5.10 Å². The van der Waals surface area contributed by atoms with Crippen LogP contribution in [0.3, 0.4) is 0 Å². The first-order valence-electron chi connectivity index (χ1n) is 7.01. The van der Waals surface area contributed by atoms with Crippen LogP contribution in [0.1, 0.15) is 0 Å². The van der Waals surface area contributed by atoms with E-state index >= 15 is 0 Å². The number of benzene rings is 2. The van der Waals surface area contributed by atoms with Crippen molar-refractivity contribution in [2.75, 3.05) is 19.6 Å². The molecule has 7 nitrogen and oxygen atoms in total. The summed E-state index contributed by atoms with van der Waals surface area (Å²) < 4.78 is 15.8. The van der Waals surface area contributed by atoms with Gasteiger partial charge in [0.1, 0.15) is 5.75 Å². The van der Waals surface area contributed by atoms with Crippen molar-refractivity contribution in [1.82, 2.24) is 15.2 Å². The Labute approximate surface area is 132 Å². The van der Waals surface area contributed by atoms with Gasteiger partial charge in [-0.05, 0) is 36.4 Å². The Morgan fingerprint density at radius 1 is 1.09 bits per heavy atom. The second-order valence-electron chi connectivity index (χ2n) is 5.03. The minimum absolute atomic E-state index is 0.242. The van der Waals surface area contributed by atoms with Gasteiger partial charge in [-0.2, -0.15) is 5.10 Å². The predicted octanol–water partition coefficient (Wildman–Crippen LogP) is 2.46. The Hall–Kier alpha value is -3.22. The van der Waals surface area contributed by atoms with Crippen LogP contribution in [-0.4, -0.2) is 29.1 Å². The molecular formula is C16H14N4O3. The Bertz CT molecular complexity index is 876. The van der Waals surface area contributed by atoms with Crippen molar-refractivity contribution in [2.45, 2.75) is 0 Å². The van der Waals surface area contributed by atoms with E-state index in [2.05, 4.69) is 15.2 Å². The van der Waals surface area contributed by atoms with E-state index in [-0.39, 0.29) is 6.79 Å². The molecule has 2 aromatic carbocycles. The second kappa shape index (κ2) is 5.20. The van der Waals surface area contributed by atoms with Gasteiger partial charge in [-0.1, -0.05) is 0 Å². The number of aromatic nitrogens is 3. The number of rotatable bonds is 3. The smallest absolute Gasteiger partial charge is 0.231 e. The summed E-state index contributed by atoms with van der Waals surface area (Å²) in [6.07, 6.45) is 0. The highest BCUT2D eigenvalue weighted by Gasteiger charge is 2.16. The van der Waals surface area contributed by atoms with Crippen molar-refractivity contribution in [3.63, 3.8) is 0 Å². The molecule has 0 bridgehead atoms. The largest absolute Gasteiger partial charge is 0.495 e. The maximum atomic E-state index is 5.93. The van der Waals surface area contributed by atoms with Crippen molar-refractivity contribution in [1.29, 1.82) is 0 Å². The Morgan fingerprint density at radius 2 is 1.91 bits per heavy atom. The molecule has 4 rings (SSSR count). The van der Waals surface area contributed by atoms with Crippen molar-refractivity contribution in [3.8, 4) is 40.0 Å². The third-order valence-corrected chi connectivity index (χ3v) is 3.62. The van der Waals surface area contributed by atoms with E-state index < -0.39 is 0 Å². The van der Waals surface area contributed by atoms with Gasteiger partial charge in [0, 0.05) is 11.1 Å². The van der Waals surface area contributed by atoms with Crippen LogP contribution in [-0.2, 0) is 0 Å². The molecule has 1 aromatic heterocycles. The van der Waals surface area contributed by atoms with E-state index in [9.17, 15) is 0 Å². The highest BCUT2D eigenvalue weighted by molar-refractivity contribution is 5.68. The molecule has 116 valence electrons. The van der Waals surface area contributed by atoms with Gasteiger partial charge >= 0.3 is 0 Å². The van der Waals surface area contributed by atoms with Crippen LogP contribution in [0.15, 0.2) is 36.4 Å². The van der Waals surface area contributed by atoms with Gasteiger partial charge < -0.3 is 19.9 Å². The number of fused-ring (bicyclic) bond motifs is 1. The summed E-state index contributed by atoms with van der Waals surface area (Å²) >= 11 is 0. The summed E-state index contributed by atoms with van der Waals surface area (Å²) in [5, 5.41) is 7.18. The van der Waals surface area contributed by atoms with Crippen molar-refractivity contribution in [3.05, 3.63) is 36.4 Å². The monoisotopic (exact) mass is 310 g/mol. The Kier molecular flexibility index (Phi) is 3.04. The lowest BCUT2D eigenvalue weighted by Gasteiger charge is -2.04. The van der Waals surface area contributed by atoms with E-state index in [1.807, 2.05) is 24.3 Å². The first kappa shape index (κ1) is 13.4. The molecule has 2 heterocycles. The summed E-state index contributed by atoms with van der Waals surface area (Å²) in [6.45, 7) is 0.242. The average molecular weight is 310 g/mol. The lowest BCUT2D eigenvalue weighted by Crippen LogP contribution is -1.93. The van der Waals surface area contributed by atoms with E-state index in [1.54, 1.807) is 19.2 Å². The number of nitrogen functional groups attached to an aromatic ring is 1. The number of aromatic amines is 1. The van der Waals surface area contributed by atoms with Crippen LogP contribution in [0.5, 0.6) is 17.2 Å². The number of hydrogen-bond donors (Lipinski definition) is 2. The number of ether oxygens (including phenoxy) is 3. The minimum Gasteiger partial charge on any atom is -0.495 e. The maximum absolute atomic E-state index is 5.93. The quantitative estimate of drug-likeness (QED) is 0.722. The molecule has 3 aromatic rings. The molecule has 0 spiro atoms. The van der Waals surface area contributed by atoms with E-state index in [4.69, 9.17) is 19.9 Å². The van der Waals surface area contributed by atoms with Crippen molar-refractivity contribution < 1.29 is 14.2 Å². The minimum atomic E-state index is 0.242. The predicted molar refractivity (Wildman–Crippen MR) is 84.3 cm³/mol. The SMILES string of the molecule is COc1ccc(-c2n[nH]c(-c3ccc4c(c3)OCO4)n2)cc1N. The normalized spacial score (nSPS) is 12.4. The van der Waals surface area contributed by atoms with Gasteiger partial charge in [0.2, 0.25) is 6.79 Å². The lowest BCUT2D eigenvalue weighted by atomic mass is 10.1. The number of nitrogens with two attached hydrogens (primary N) is 1. The zero-order chi connectivity index (χ0) is 15.8. The van der Waals surface area contributed by atoms with Gasteiger partial charge in [0.15, 0.2) is 23.1 Å². The first-order valence-corrected chi connectivity index (χ1v) is 7.01. The van der Waals surface area contributed by atoms with Gasteiger partial charge in [0.25, 0.3) is 0 Å². The first-order chi connectivity index (χ1) is 11.2. The fourth-order valence-corrected chi connectivity index (χ4v) is 2.44. The Morgan fingerprint density at radius 3 is 2.74 bits per heavy atom. The molecule has 0 radical (unpaired) electrons. The molecule has 1 aliphatic heterocycles. The molecule has 0 atom stereocenters. The summed E-state index contributed by atoms with van der Waals surface area (Å²) in [7, 11) is 1.58. The summed E-state index contributed by atoms with van der Waals surface area (Å²) in [6, 6.07) is 11.1. The van der Waals surface area contributed by atoms with E-state index in [0.29, 0.717) is 28.8 Å². The number of nitrogens with zero attached hydrogens (tertiary/aromatic N) is 2. The summed E-state index contributed by atoms with van der Waals surface area (Å²) in [5.74, 6) is 3.27. The average Bonchev–Trinajstić information content (AvgIpc) is 3.23.